The zero-order chi connectivity index (χ0) is 40.1. The van der Waals surface area contributed by atoms with Crippen LogP contribution >= 0.6 is 0 Å². The van der Waals surface area contributed by atoms with E-state index in [2.05, 4.69) is 218 Å². The van der Waals surface area contributed by atoms with Gasteiger partial charge in [-0.25, -0.2) is 9.97 Å². The summed E-state index contributed by atoms with van der Waals surface area (Å²) in [6.07, 6.45) is 0. The molecule has 2 nitrogen and oxygen atoms in total. The predicted molar refractivity (Wildman–Crippen MR) is 251 cm³/mol. The summed E-state index contributed by atoms with van der Waals surface area (Å²) in [6.45, 7) is 0. The number of aromatic nitrogens is 2. The molecular weight excluding hydrogens is 725 g/mol. The number of rotatable bonds is 9. The lowest BCUT2D eigenvalue weighted by molar-refractivity contribution is 1.18. The largest absolute Gasteiger partial charge is 0.228 e. The maximum Gasteiger partial charge on any atom is 0.160 e. The summed E-state index contributed by atoms with van der Waals surface area (Å²) in [6, 6.07) is 86.2. The molecule has 9 aromatic carbocycles. The summed E-state index contributed by atoms with van der Waals surface area (Å²) in [4.78, 5) is 10.2. The van der Waals surface area contributed by atoms with Gasteiger partial charge in [0.25, 0.3) is 0 Å². The van der Waals surface area contributed by atoms with E-state index in [9.17, 15) is 0 Å². The molecule has 60 heavy (non-hydrogen) atoms. The molecule has 0 radical (unpaired) electrons. The van der Waals surface area contributed by atoms with Crippen LogP contribution in [0.4, 0.5) is 0 Å². The summed E-state index contributed by atoms with van der Waals surface area (Å²) >= 11 is 0. The third-order valence-corrected chi connectivity index (χ3v) is 11.1. The van der Waals surface area contributed by atoms with Crippen molar-refractivity contribution in [3.63, 3.8) is 0 Å². The van der Waals surface area contributed by atoms with E-state index in [0.29, 0.717) is 5.82 Å². The Morgan fingerprint density at radius 2 is 0.533 bits per heavy atom. The molecule has 0 bridgehead atoms. The standard InChI is InChI=1S/C58H40N2/c1-7-21-41(22-8-1)51-39-52(56(44-27-13-4-14-28-44)57(45-29-15-5-16-30-45)55(51)43-25-11-3-12-26-43)49-35-19-33-47(37-49)48-34-20-36-50(38-48)54-40-53(42-23-9-2-10-24-42)59-58(60-54)46-31-17-6-18-32-46/h1-40H. The molecule has 0 fully saturated rings. The Kier molecular flexibility index (Phi) is 10.0. The monoisotopic (exact) mass is 764 g/mol. The maximum absolute atomic E-state index is 5.14. The Morgan fingerprint density at radius 1 is 0.200 bits per heavy atom. The van der Waals surface area contributed by atoms with Crippen molar-refractivity contribution in [2.45, 2.75) is 0 Å². The van der Waals surface area contributed by atoms with E-state index >= 15 is 0 Å². The van der Waals surface area contributed by atoms with Gasteiger partial charge in [-0.1, -0.05) is 218 Å². The van der Waals surface area contributed by atoms with Crippen molar-refractivity contribution in [2.75, 3.05) is 0 Å². The van der Waals surface area contributed by atoms with E-state index in [1.54, 1.807) is 0 Å². The van der Waals surface area contributed by atoms with Crippen LogP contribution in [0, 0.1) is 0 Å². The third kappa shape index (κ3) is 7.35. The van der Waals surface area contributed by atoms with Gasteiger partial charge in [0.15, 0.2) is 5.82 Å². The lowest BCUT2D eigenvalue weighted by atomic mass is 9.78. The first-order valence-electron chi connectivity index (χ1n) is 20.4. The quantitative estimate of drug-likeness (QED) is 0.146. The highest BCUT2D eigenvalue weighted by molar-refractivity contribution is 6.07. The Morgan fingerprint density at radius 3 is 1.03 bits per heavy atom. The average Bonchev–Trinajstić information content (AvgIpc) is 3.35. The first-order chi connectivity index (χ1) is 29.8. The molecular formula is C58H40N2. The predicted octanol–water partition coefficient (Wildman–Crippen LogP) is 15.5. The summed E-state index contributed by atoms with van der Waals surface area (Å²) in [5.74, 6) is 0.704. The van der Waals surface area contributed by atoms with Gasteiger partial charge in [0, 0.05) is 16.7 Å². The molecule has 0 spiro atoms. The molecule has 10 aromatic rings. The van der Waals surface area contributed by atoms with Crippen molar-refractivity contribution >= 4 is 0 Å². The molecule has 0 aliphatic rings. The van der Waals surface area contributed by atoms with Crippen molar-refractivity contribution < 1.29 is 0 Å². The van der Waals surface area contributed by atoms with Crippen LogP contribution in [0.15, 0.2) is 243 Å². The maximum atomic E-state index is 5.14. The van der Waals surface area contributed by atoms with Crippen molar-refractivity contribution in [1.29, 1.82) is 0 Å². The van der Waals surface area contributed by atoms with Crippen LogP contribution in [-0.2, 0) is 0 Å². The lowest BCUT2D eigenvalue weighted by Gasteiger charge is -2.24. The molecule has 0 atom stereocenters. The molecule has 0 N–H and O–H groups in total. The van der Waals surface area contributed by atoms with E-state index in [0.717, 1.165) is 44.8 Å². The Labute approximate surface area is 351 Å². The van der Waals surface area contributed by atoms with Gasteiger partial charge in [-0.3, -0.25) is 0 Å². The van der Waals surface area contributed by atoms with Crippen molar-refractivity contribution in [3.05, 3.63) is 243 Å². The molecule has 2 heteroatoms. The third-order valence-electron chi connectivity index (χ3n) is 11.1. The normalized spacial score (nSPS) is 11.0. The second kappa shape index (κ2) is 16.5. The molecule has 0 amide bonds. The number of nitrogens with zero attached hydrogens (tertiary/aromatic N) is 2. The van der Waals surface area contributed by atoms with Gasteiger partial charge in [0.2, 0.25) is 0 Å². The number of hydrogen-bond acceptors (Lipinski definition) is 2. The first kappa shape index (κ1) is 36.4. The van der Waals surface area contributed by atoms with E-state index in [1.165, 1.54) is 50.1 Å². The molecule has 0 aliphatic carbocycles. The van der Waals surface area contributed by atoms with E-state index in [-0.39, 0.29) is 0 Å². The lowest BCUT2D eigenvalue weighted by Crippen LogP contribution is -1.98. The minimum absolute atomic E-state index is 0.704. The summed E-state index contributed by atoms with van der Waals surface area (Å²) in [7, 11) is 0. The number of benzene rings is 9. The highest BCUT2D eigenvalue weighted by atomic mass is 14.9. The van der Waals surface area contributed by atoms with Crippen LogP contribution in [0.3, 0.4) is 0 Å². The van der Waals surface area contributed by atoms with Gasteiger partial charge in [-0.05, 0) is 91.0 Å². The van der Waals surface area contributed by atoms with E-state index in [4.69, 9.17) is 9.97 Å². The number of hydrogen-bond donors (Lipinski definition) is 0. The Bertz CT molecular complexity index is 2980. The van der Waals surface area contributed by atoms with Gasteiger partial charge in [0.1, 0.15) is 0 Å². The summed E-state index contributed by atoms with van der Waals surface area (Å²) in [5, 5.41) is 0. The average molecular weight is 765 g/mol. The molecule has 1 heterocycles. The summed E-state index contributed by atoms with van der Waals surface area (Å²) in [5.41, 5.74) is 18.9. The molecule has 10 rings (SSSR count). The van der Waals surface area contributed by atoms with Crippen LogP contribution < -0.4 is 0 Å². The fourth-order valence-electron chi connectivity index (χ4n) is 8.25. The molecule has 0 saturated heterocycles. The van der Waals surface area contributed by atoms with Gasteiger partial charge in [-0.15, -0.1) is 0 Å². The van der Waals surface area contributed by atoms with Crippen molar-refractivity contribution in [2.24, 2.45) is 0 Å². The van der Waals surface area contributed by atoms with Crippen LogP contribution in [0.5, 0.6) is 0 Å². The van der Waals surface area contributed by atoms with Crippen LogP contribution in [0.25, 0.3) is 101 Å². The molecule has 282 valence electrons. The zero-order valence-electron chi connectivity index (χ0n) is 33.0. The fourth-order valence-corrected chi connectivity index (χ4v) is 8.25. The zero-order valence-corrected chi connectivity index (χ0v) is 33.0. The topological polar surface area (TPSA) is 25.8 Å². The summed E-state index contributed by atoms with van der Waals surface area (Å²) < 4.78 is 0. The SMILES string of the molecule is c1ccc(-c2cc(-c3cccc(-c4cccc(-c5cc(-c6ccccc6)c(-c6ccccc6)c(-c6ccccc6)c5-c5ccccc5)c4)c3)nc(-c3ccccc3)n2)cc1. The minimum Gasteiger partial charge on any atom is -0.228 e. The van der Waals surface area contributed by atoms with Crippen LogP contribution in [0.2, 0.25) is 0 Å². The van der Waals surface area contributed by atoms with Crippen molar-refractivity contribution in [3.8, 4) is 101 Å². The highest BCUT2D eigenvalue weighted by Gasteiger charge is 2.24. The minimum atomic E-state index is 0.704. The molecule has 0 saturated carbocycles. The second-order valence-corrected chi connectivity index (χ2v) is 14.9. The molecule has 0 unspecified atom stereocenters. The van der Waals surface area contributed by atoms with Crippen molar-refractivity contribution in [1.82, 2.24) is 9.97 Å². The Balaban J connectivity index is 1.18. The van der Waals surface area contributed by atoms with Gasteiger partial charge < -0.3 is 0 Å². The van der Waals surface area contributed by atoms with Gasteiger partial charge in [-0.2, -0.15) is 0 Å². The Hall–Kier alpha value is -7.94. The van der Waals surface area contributed by atoms with Crippen LogP contribution in [0.1, 0.15) is 0 Å². The van der Waals surface area contributed by atoms with Gasteiger partial charge >= 0.3 is 0 Å². The smallest absolute Gasteiger partial charge is 0.160 e. The molecule has 0 aliphatic heterocycles. The van der Waals surface area contributed by atoms with Gasteiger partial charge in [0.05, 0.1) is 11.4 Å². The second-order valence-electron chi connectivity index (χ2n) is 14.9. The first-order valence-corrected chi connectivity index (χ1v) is 20.4. The van der Waals surface area contributed by atoms with Crippen LogP contribution in [-0.4, -0.2) is 9.97 Å². The molecule has 1 aromatic heterocycles. The van der Waals surface area contributed by atoms with E-state index in [1.807, 2.05) is 24.3 Å². The van der Waals surface area contributed by atoms with E-state index < -0.39 is 0 Å². The highest BCUT2D eigenvalue weighted by Crippen LogP contribution is 2.50. The fraction of sp³-hybridized carbons (Fsp3) is 0.